The van der Waals surface area contributed by atoms with Gasteiger partial charge in [0.2, 0.25) is 0 Å². The zero-order valence-corrected chi connectivity index (χ0v) is 15.6. The molecule has 0 aliphatic rings. The number of hydrogen-bond acceptors (Lipinski definition) is 5. The van der Waals surface area contributed by atoms with E-state index in [4.69, 9.17) is 25.5 Å². The minimum atomic E-state index is -0.522. The summed E-state index contributed by atoms with van der Waals surface area (Å²) in [5.41, 5.74) is 2.63. The molecule has 3 aromatic rings. The molecular formula is C20H18ClNO5. The molecular weight excluding hydrogens is 370 g/mol. The van der Waals surface area contributed by atoms with Crippen LogP contribution in [-0.2, 0) is 20.7 Å². The molecule has 3 rings (SSSR count). The first-order chi connectivity index (χ1) is 13.0. The van der Waals surface area contributed by atoms with Gasteiger partial charge in [-0.25, -0.2) is 0 Å². The van der Waals surface area contributed by atoms with Gasteiger partial charge in [0.05, 0.1) is 19.8 Å². The van der Waals surface area contributed by atoms with Crippen LogP contribution in [0.4, 0.5) is 5.69 Å². The second kappa shape index (κ2) is 8.14. The molecule has 7 heteroatoms. The third-order valence-electron chi connectivity index (χ3n) is 4.10. The van der Waals surface area contributed by atoms with Crippen LogP contribution in [0.25, 0.3) is 11.0 Å². The molecule has 0 unspecified atom stereocenters. The van der Waals surface area contributed by atoms with Crippen molar-refractivity contribution < 1.29 is 23.5 Å². The number of ether oxygens (including phenoxy) is 2. The molecule has 0 saturated heterocycles. The van der Waals surface area contributed by atoms with Gasteiger partial charge in [-0.15, -0.1) is 0 Å². The van der Waals surface area contributed by atoms with E-state index in [0.717, 1.165) is 10.9 Å². The molecule has 1 amide bonds. The molecule has 0 bridgehead atoms. The molecule has 0 fully saturated rings. The van der Waals surface area contributed by atoms with Gasteiger partial charge in [0.1, 0.15) is 11.3 Å². The van der Waals surface area contributed by atoms with Crippen molar-refractivity contribution >= 4 is 40.1 Å². The Morgan fingerprint density at radius 1 is 1.22 bits per heavy atom. The molecule has 0 aliphatic heterocycles. The summed E-state index contributed by atoms with van der Waals surface area (Å²) in [6.45, 7) is 1.41. The van der Waals surface area contributed by atoms with Crippen LogP contribution in [-0.4, -0.2) is 25.6 Å². The smallest absolute Gasteiger partial charge is 0.310 e. The number of rotatable bonds is 6. The van der Waals surface area contributed by atoms with Crippen LogP contribution >= 0.6 is 11.6 Å². The molecule has 0 saturated carbocycles. The van der Waals surface area contributed by atoms with E-state index in [0.29, 0.717) is 27.6 Å². The van der Waals surface area contributed by atoms with Crippen LogP contribution in [0.2, 0.25) is 5.02 Å². The fourth-order valence-electron chi connectivity index (χ4n) is 2.61. The van der Waals surface area contributed by atoms with E-state index >= 15 is 0 Å². The number of esters is 1. The number of carbonyl (C=O) groups excluding carboxylic acids is 2. The highest BCUT2D eigenvalue weighted by molar-refractivity contribution is 6.31. The maximum atomic E-state index is 12.1. The summed E-state index contributed by atoms with van der Waals surface area (Å²) >= 11 is 6.02. The number of benzene rings is 2. The van der Waals surface area contributed by atoms with Gasteiger partial charge in [-0.3, -0.25) is 9.59 Å². The Kier molecular flexibility index (Phi) is 5.66. The largest absolute Gasteiger partial charge is 0.497 e. The number of halogens is 1. The normalized spacial score (nSPS) is 10.6. The van der Waals surface area contributed by atoms with Crippen molar-refractivity contribution in [3.8, 4) is 5.75 Å². The standard InChI is InChI=1S/C20H18ClNO5/c1-12-16(21)4-3-5-17(12)22-19(23)11-27-20(24)8-13-10-26-18-9-14(25-2)6-7-15(13)18/h3-7,9-10H,8,11H2,1-2H3,(H,22,23). The van der Waals surface area contributed by atoms with Gasteiger partial charge >= 0.3 is 5.97 Å². The zero-order chi connectivity index (χ0) is 19.4. The number of carbonyl (C=O) groups is 2. The van der Waals surface area contributed by atoms with E-state index in [1.807, 2.05) is 6.07 Å². The second-order valence-corrected chi connectivity index (χ2v) is 6.33. The highest BCUT2D eigenvalue weighted by Gasteiger charge is 2.14. The number of hydrogen-bond donors (Lipinski definition) is 1. The van der Waals surface area contributed by atoms with Gasteiger partial charge in [0, 0.05) is 27.7 Å². The molecule has 2 aromatic carbocycles. The molecule has 0 radical (unpaired) electrons. The summed E-state index contributed by atoms with van der Waals surface area (Å²) in [6, 6.07) is 10.5. The Balaban J connectivity index is 1.57. The summed E-state index contributed by atoms with van der Waals surface area (Å²) < 4.78 is 15.6. The lowest BCUT2D eigenvalue weighted by molar-refractivity contribution is -0.146. The minimum Gasteiger partial charge on any atom is -0.497 e. The van der Waals surface area contributed by atoms with E-state index in [2.05, 4.69) is 5.32 Å². The lowest BCUT2D eigenvalue weighted by Gasteiger charge is -2.09. The van der Waals surface area contributed by atoms with Crippen LogP contribution in [0.1, 0.15) is 11.1 Å². The minimum absolute atomic E-state index is 0.00278. The first-order valence-corrected chi connectivity index (χ1v) is 8.60. The maximum Gasteiger partial charge on any atom is 0.310 e. The van der Waals surface area contributed by atoms with Crippen molar-refractivity contribution in [2.45, 2.75) is 13.3 Å². The fraction of sp³-hybridized carbons (Fsp3) is 0.200. The van der Waals surface area contributed by atoms with Crippen molar-refractivity contribution in [1.82, 2.24) is 0 Å². The number of furan rings is 1. The van der Waals surface area contributed by atoms with Crippen molar-refractivity contribution in [1.29, 1.82) is 0 Å². The van der Waals surface area contributed by atoms with Crippen LogP contribution in [0.5, 0.6) is 5.75 Å². The first kappa shape index (κ1) is 18.8. The maximum absolute atomic E-state index is 12.1. The van der Waals surface area contributed by atoms with E-state index in [-0.39, 0.29) is 13.0 Å². The van der Waals surface area contributed by atoms with Crippen LogP contribution < -0.4 is 10.1 Å². The molecule has 1 aromatic heterocycles. The van der Waals surface area contributed by atoms with Crippen molar-refractivity contribution in [3.05, 3.63) is 58.8 Å². The van der Waals surface area contributed by atoms with Gasteiger partial charge in [0.15, 0.2) is 6.61 Å². The summed E-state index contributed by atoms with van der Waals surface area (Å²) in [7, 11) is 1.57. The quantitative estimate of drug-likeness (QED) is 0.643. The summed E-state index contributed by atoms with van der Waals surface area (Å²) in [6.07, 6.45) is 1.50. The third kappa shape index (κ3) is 4.41. The Bertz CT molecular complexity index is 995. The Morgan fingerprint density at radius 2 is 2.04 bits per heavy atom. The number of amides is 1. The van der Waals surface area contributed by atoms with E-state index in [1.165, 1.54) is 6.26 Å². The SMILES string of the molecule is COc1ccc2c(CC(=O)OCC(=O)Nc3cccc(Cl)c3C)coc2c1. The number of methoxy groups -OCH3 is 1. The van der Waals surface area contributed by atoms with E-state index < -0.39 is 11.9 Å². The number of fused-ring (bicyclic) bond motifs is 1. The monoisotopic (exact) mass is 387 g/mol. The summed E-state index contributed by atoms with van der Waals surface area (Å²) in [5.74, 6) is -0.291. The molecule has 1 heterocycles. The topological polar surface area (TPSA) is 77.8 Å². The van der Waals surface area contributed by atoms with E-state index in [1.54, 1.807) is 44.4 Å². The highest BCUT2D eigenvalue weighted by atomic mass is 35.5. The first-order valence-electron chi connectivity index (χ1n) is 8.22. The van der Waals surface area contributed by atoms with Crippen molar-refractivity contribution in [3.63, 3.8) is 0 Å². The Hall–Kier alpha value is -2.99. The lowest BCUT2D eigenvalue weighted by atomic mass is 10.1. The highest BCUT2D eigenvalue weighted by Crippen LogP contribution is 2.26. The predicted octanol–water partition coefficient (Wildman–Crippen LogP) is 4.13. The average Bonchev–Trinajstić information content (AvgIpc) is 3.05. The van der Waals surface area contributed by atoms with Crippen molar-refractivity contribution in [2.75, 3.05) is 19.0 Å². The average molecular weight is 388 g/mol. The number of nitrogens with one attached hydrogen (secondary N) is 1. The van der Waals surface area contributed by atoms with Gasteiger partial charge < -0.3 is 19.2 Å². The second-order valence-electron chi connectivity index (χ2n) is 5.92. The van der Waals surface area contributed by atoms with Gasteiger partial charge in [-0.1, -0.05) is 17.7 Å². The van der Waals surface area contributed by atoms with Crippen LogP contribution in [0.15, 0.2) is 47.1 Å². The summed E-state index contributed by atoms with van der Waals surface area (Å²) in [5, 5.41) is 4.02. The van der Waals surface area contributed by atoms with Gasteiger partial charge in [0.25, 0.3) is 5.91 Å². The molecule has 140 valence electrons. The molecule has 0 aliphatic carbocycles. The van der Waals surface area contributed by atoms with Gasteiger partial charge in [-0.2, -0.15) is 0 Å². The van der Waals surface area contributed by atoms with Crippen LogP contribution in [0.3, 0.4) is 0 Å². The lowest BCUT2D eigenvalue weighted by Crippen LogP contribution is -2.22. The number of anilines is 1. The molecule has 6 nitrogen and oxygen atoms in total. The molecule has 0 atom stereocenters. The third-order valence-corrected chi connectivity index (χ3v) is 4.51. The Labute approximate surface area is 161 Å². The van der Waals surface area contributed by atoms with Crippen molar-refractivity contribution in [2.24, 2.45) is 0 Å². The fourth-order valence-corrected chi connectivity index (χ4v) is 2.78. The van der Waals surface area contributed by atoms with Gasteiger partial charge in [-0.05, 0) is 36.8 Å². The summed E-state index contributed by atoms with van der Waals surface area (Å²) in [4.78, 5) is 24.1. The molecule has 1 N–H and O–H groups in total. The zero-order valence-electron chi connectivity index (χ0n) is 14.9. The molecule has 0 spiro atoms. The Morgan fingerprint density at radius 3 is 2.81 bits per heavy atom. The van der Waals surface area contributed by atoms with E-state index in [9.17, 15) is 9.59 Å². The predicted molar refractivity (Wildman–Crippen MR) is 102 cm³/mol. The molecule has 27 heavy (non-hydrogen) atoms. The van der Waals surface area contributed by atoms with Crippen LogP contribution in [0, 0.1) is 6.92 Å².